The minimum Gasteiger partial charge on any atom is -0.495 e. The molecule has 2 N–H and O–H groups in total. The first-order valence-electron chi connectivity index (χ1n) is 9.63. The second-order valence-corrected chi connectivity index (χ2v) is 8.86. The SMILES string of the molecule is COc1ccc(S(=O)(=O)NC2CC2)cc1NC(=O)/C=C/c1cccc2ccccc12. The Kier molecular flexibility index (Phi) is 5.57. The number of amides is 1. The number of methoxy groups -OCH3 is 1. The highest BCUT2D eigenvalue weighted by atomic mass is 32.2. The topological polar surface area (TPSA) is 84.5 Å². The van der Waals surface area contributed by atoms with Crippen molar-refractivity contribution < 1.29 is 17.9 Å². The number of rotatable bonds is 7. The van der Waals surface area contributed by atoms with Crippen LogP contribution in [-0.2, 0) is 14.8 Å². The van der Waals surface area contributed by atoms with Crippen LogP contribution in [0.4, 0.5) is 5.69 Å². The second-order valence-electron chi connectivity index (χ2n) is 7.15. The van der Waals surface area contributed by atoms with Crippen molar-refractivity contribution in [2.24, 2.45) is 0 Å². The number of hydrogen-bond donors (Lipinski definition) is 2. The molecule has 0 unspecified atom stereocenters. The Hall–Kier alpha value is -3.16. The first kappa shape index (κ1) is 20.1. The fraction of sp³-hybridized carbons (Fsp3) is 0.174. The van der Waals surface area contributed by atoms with Crippen LogP contribution < -0.4 is 14.8 Å². The average molecular weight is 423 g/mol. The fourth-order valence-electron chi connectivity index (χ4n) is 3.18. The number of carbonyl (C=O) groups excluding carboxylic acids is 1. The molecule has 0 atom stereocenters. The third-order valence-corrected chi connectivity index (χ3v) is 6.39. The summed E-state index contributed by atoms with van der Waals surface area (Å²) in [6, 6.07) is 18.2. The first-order chi connectivity index (χ1) is 14.5. The molecule has 0 spiro atoms. The largest absolute Gasteiger partial charge is 0.495 e. The number of fused-ring (bicyclic) bond motifs is 1. The number of anilines is 1. The maximum atomic E-state index is 12.5. The molecule has 0 heterocycles. The Morgan fingerprint density at radius 1 is 1.07 bits per heavy atom. The summed E-state index contributed by atoms with van der Waals surface area (Å²) in [4.78, 5) is 12.6. The molecule has 6 nitrogen and oxygen atoms in total. The Morgan fingerprint density at radius 2 is 1.83 bits per heavy atom. The van der Waals surface area contributed by atoms with Crippen LogP contribution in [-0.4, -0.2) is 27.5 Å². The van der Waals surface area contributed by atoms with E-state index < -0.39 is 10.0 Å². The lowest BCUT2D eigenvalue weighted by molar-refractivity contribution is -0.111. The van der Waals surface area contributed by atoms with Gasteiger partial charge in [0.15, 0.2) is 0 Å². The van der Waals surface area contributed by atoms with E-state index in [-0.39, 0.29) is 16.8 Å². The minimum atomic E-state index is -3.63. The maximum Gasteiger partial charge on any atom is 0.248 e. The molecule has 0 saturated heterocycles. The van der Waals surface area contributed by atoms with Crippen molar-refractivity contribution >= 4 is 38.5 Å². The van der Waals surface area contributed by atoms with Gasteiger partial charge >= 0.3 is 0 Å². The van der Waals surface area contributed by atoms with Gasteiger partial charge in [-0.15, -0.1) is 0 Å². The van der Waals surface area contributed by atoms with Crippen molar-refractivity contribution in [3.63, 3.8) is 0 Å². The lowest BCUT2D eigenvalue weighted by Gasteiger charge is -2.12. The molecule has 1 aliphatic carbocycles. The molecular formula is C23H22N2O4S. The Morgan fingerprint density at radius 3 is 2.60 bits per heavy atom. The summed E-state index contributed by atoms with van der Waals surface area (Å²) < 4.78 is 32.9. The average Bonchev–Trinajstić information content (AvgIpc) is 3.55. The number of carbonyl (C=O) groups is 1. The maximum absolute atomic E-state index is 12.5. The van der Waals surface area contributed by atoms with Crippen LogP contribution in [0.1, 0.15) is 18.4 Å². The van der Waals surface area contributed by atoms with Crippen molar-refractivity contribution in [3.05, 3.63) is 72.3 Å². The summed E-state index contributed by atoms with van der Waals surface area (Å²) in [6.45, 7) is 0. The van der Waals surface area contributed by atoms with E-state index in [2.05, 4.69) is 10.0 Å². The van der Waals surface area contributed by atoms with E-state index in [1.54, 1.807) is 6.08 Å². The molecular weight excluding hydrogens is 400 g/mol. The van der Waals surface area contributed by atoms with Gasteiger partial charge in [0.1, 0.15) is 5.75 Å². The third-order valence-electron chi connectivity index (χ3n) is 4.88. The summed E-state index contributed by atoms with van der Waals surface area (Å²) in [6.07, 6.45) is 4.85. The summed E-state index contributed by atoms with van der Waals surface area (Å²) in [5.74, 6) is -0.00165. The van der Waals surface area contributed by atoms with Gasteiger partial charge in [0, 0.05) is 12.1 Å². The van der Waals surface area contributed by atoms with E-state index in [0.717, 1.165) is 29.2 Å². The molecule has 1 saturated carbocycles. The number of sulfonamides is 1. The lowest BCUT2D eigenvalue weighted by Crippen LogP contribution is -2.25. The zero-order valence-electron chi connectivity index (χ0n) is 16.5. The van der Waals surface area contributed by atoms with Crippen LogP contribution in [0.15, 0.2) is 71.6 Å². The number of ether oxygens (including phenoxy) is 1. The van der Waals surface area contributed by atoms with Crippen LogP contribution in [0.25, 0.3) is 16.8 Å². The smallest absolute Gasteiger partial charge is 0.248 e. The molecule has 3 aromatic carbocycles. The van der Waals surface area contributed by atoms with Gasteiger partial charge in [0.05, 0.1) is 17.7 Å². The van der Waals surface area contributed by atoms with Gasteiger partial charge in [0.2, 0.25) is 15.9 Å². The fourth-order valence-corrected chi connectivity index (χ4v) is 4.51. The molecule has 0 bridgehead atoms. The zero-order valence-corrected chi connectivity index (χ0v) is 17.3. The van der Waals surface area contributed by atoms with Gasteiger partial charge in [-0.1, -0.05) is 42.5 Å². The van der Waals surface area contributed by atoms with Crippen molar-refractivity contribution in [1.29, 1.82) is 0 Å². The minimum absolute atomic E-state index is 0.00114. The first-order valence-corrected chi connectivity index (χ1v) is 11.1. The number of nitrogens with one attached hydrogen (secondary N) is 2. The van der Waals surface area contributed by atoms with Crippen LogP contribution in [0, 0.1) is 0 Å². The van der Waals surface area contributed by atoms with Gasteiger partial charge in [-0.3, -0.25) is 4.79 Å². The van der Waals surface area contributed by atoms with E-state index in [1.165, 1.54) is 31.4 Å². The predicted molar refractivity (Wildman–Crippen MR) is 118 cm³/mol. The third kappa shape index (κ3) is 4.53. The Balaban J connectivity index is 1.56. The molecule has 0 aromatic heterocycles. The Bertz CT molecular complexity index is 1230. The lowest BCUT2D eigenvalue weighted by atomic mass is 10.0. The highest BCUT2D eigenvalue weighted by Gasteiger charge is 2.28. The van der Waals surface area contributed by atoms with Gasteiger partial charge in [-0.2, -0.15) is 0 Å². The Labute approximate surface area is 175 Å². The van der Waals surface area contributed by atoms with E-state index in [1.807, 2.05) is 42.5 Å². The molecule has 30 heavy (non-hydrogen) atoms. The molecule has 4 rings (SSSR count). The molecule has 7 heteroatoms. The molecule has 1 amide bonds. The van der Waals surface area contributed by atoms with E-state index in [4.69, 9.17) is 4.74 Å². The van der Waals surface area contributed by atoms with Gasteiger partial charge in [0.25, 0.3) is 0 Å². The molecule has 154 valence electrons. The van der Waals surface area contributed by atoms with E-state index in [9.17, 15) is 13.2 Å². The summed E-state index contributed by atoms with van der Waals surface area (Å²) in [5.41, 5.74) is 1.21. The predicted octanol–water partition coefficient (Wildman–Crippen LogP) is 3.94. The van der Waals surface area contributed by atoms with Crippen molar-refractivity contribution in [3.8, 4) is 5.75 Å². The van der Waals surface area contributed by atoms with Crippen LogP contribution in [0.3, 0.4) is 0 Å². The van der Waals surface area contributed by atoms with E-state index in [0.29, 0.717) is 11.4 Å². The van der Waals surface area contributed by atoms with Gasteiger partial charge in [-0.25, -0.2) is 13.1 Å². The van der Waals surface area contributed by atoms with Crippen molar-refractivity contribution in [2.75, 3.05) is 12.4 Å². The summed E-state index contributed by atoms with van der Waals surface area (Å²) in [5, 5.41) is 4.85. The molecule has 1 aliphatic rings. The normalized spacial score (nSPS) is 14.2. The van der Waals surface area contributed by atoms with E-state index >= 15 is 0 Å². The monoisotopic (exact) mass is 422 g/mol. The standard InChI is InChI=1S/C23H22N2O4S/c1-29-22-13-12-19(30(27,28)25-18-10-11-18)15-21(22)24-23(26)14-9-17-7-4-6-16-5-2-3-8-20(16)17/h2-9,12-15,18,25H,10-11H2,1H3,(H,24,26)/b14-9+. The molecule has 0 aliphatic heterocycles. The zero-order chi connectivity index (χ0) is 21.1. The number of benzene rings is 3. The van der Waals surface area contributed by atoms with Crippen molar-refractivity contribution in [2.45, 2.75) is 23.8 Å². The molecule has 0 radical (unpaired) electrons. The van der Waals surface area contributed by atoms with Crippen LogP contribution in [0.2, 0.25) is 0 Å². The summed E-state index contributed by atoms with van der Waals surface area (Å²) in [7, 11) is -2.17. The van der Waals surface area contributed by atoms with Crippen LogP contribution >= 0.6 is 0 Å². The molecule has 1 fully saturated rings. The molecule has 3 aromatic rings. The highest BCUT2D eigenvalue weighted by Crippen LogP contribution is 2.29. The summed E-state index contributed by atoms with van der Waals surface area (Å²) >= 11 is 0. The van der Waals surface area contributed by atoms with Crippen molar-refractivity contribution in [1.82, 2.24) is 4.72 Å². The second kappa shape index (κ2) is 8.30. The van der Waals surface area contributed by atoms with Gasteiger partial charge in [-0.05, 0) is 53.5 Å². The van der Waals surface area contributed by atoms with Gasteiger partial charge < -0.3 is 10.1 Å². The highest BCUT2D eigenvalue weighted by molar-refractivity contribution is 7.89. The number of hydrogen-bond acceptors (Lipinski definition) is 4. The quantitative estimate of drug-likeness (QED) is 0.565. The van der Waals surface area contributed by atoms with Crippen LogP contribution in [0.5, 0.6) is 5.75 Å².